The fraction of sp³-hybridized carbons (Fsp3) is 0.667. The Labute approximate surface area is 125 Å². The number of carbonyl (C=O) groups excluding carboxylic acids is 3. The van der Waals surface area contributed by atoms with E-state index in [1.165, 1.54) is 0 Å². The van der Waals surface area contributed by atoms with Crippen molar-refractivity contribution in [3.63, 3.8) is 0 Å². The highest BCUT2D eigenvalue weighted by molar-refractivity contribution is 5.85. The summed E-state index contributed by atoms with van der Waals surface area (Å²) >= 11 is 0. The van der Waals surface area contributed by atoms with Crippen LogP contribution in [0.25, 0.3) is 0 Å². The van der Waals surface area contributed by atoms with E-state index in [1.54, 1.807) is 6.08 Å². The van der Waals surface area contributed by atoms with Crippen molar-refractivity contribution in [2.45, 2.75) is 46.1 Å². The third-order valence-corrected chi connectivity index (χ3v) is 3.87. The van der Waals surface area contributed by atoms with Crippen molar-refractivity contribution >= 4 is 18.5 Å². The van der Waals surface area contributed by atoms with Crippen LogP contribution in [0.5, 0.6) is 0 Å². The number of aliphatic imine (C=N–C) groups is 1. The van der Waals surface area contributed by atoms with E-state index in [4.69, 9.17) is 0 Å². The second kappa shape index (κ2) is 6.68. The minimum Gasteiger partial charge on any atom is -0.337 e. The molecule has 21 heavy (non-hydrogen) atoms. The molecule has 1 N–H and O–H groups in total. The molecule has 0 aliphatic heterocycles. The van der Waals surface area contributed by atoms with Gasteiger partial charge in [0.15, 0.2) is 0 Å². The Kier molecular flexibility index (Phi) is 5.44. The molecule has 6 nitrogen and oxygen atoms in total. The van der Waals surface area contributed by atoms with Crippen LogP contribution < -0.4 is 5.32 Å². The molecule has 1 fully saturated rings. The summed E-state index contributed by atoms with van der Waals surface area (Å²) in [6.07, 6.45) is 5.65. The first-order valence-electron chi connectivity index (χ1n) is 6.96. The molecule has 3 amide bonds. The molecule has 0 bridgehead atoms. The monoisotopic (exact) mass is 293 g/mol. The largest absolute Gasteiger partial charge is 0.337 e. The number of nitrogens with one attached hydrogen (secondary N) is 1. The maximum absolute atomic E-state index is 11.8. The van der Waals surface area contributed by atoms with Crippen molar-refractivity contribution in [3.05, 3.63) is 12.8 Å². The number of imide groups is 1. The first kappa shape index (κ1) is 17.1. The predicted octanol–water partition coefficient (Wildman–Crippen LogP) is 2.22. The lowest BCUT2D eigenvalue weighted by atomic mass is 9.63. The van der Waals surface area contributed by atoms with Gasteiger partial charge in [-0.05, 0) is 30.1 Å². The molecule has 1 aliphatic rings. The van der Waals surface area contributed by atoms with E-state index >= 15 is 0 Å². The Morgan fingerprint density at radius 2 is 2.14 bits per heavy atom. The number of isocyanates is 1. The molecule has 116 valence electrons. The highest BCUT2D eigenvalue weighted by Crippen LogP contribution is 2.46. The van der Waals surface area contributed by atoms with Gasteiger partial charge in [-0.1, -0.05) is 27.4 Å². The summed E-state index contributed by atoms with van der Waals surface area (Å²) in [7, 11) is 0. The minimum atomic E-state index is -0.500. The molecule has 0 saturated heterocycles. The lowest BCUT2D eigenvalue weighted by Crippen LogP contribution is -2.47. The van der Waals surface area contributed by atoms with Gasteiger partial charge >= 0.3 is 6.03 Å². The zero-order valence-corrected chi connectivity index (χ0v) is 12.9. The van der Waals surface area contributed by atoms with E-state index in [0.717, 1.165) is 23.9 Å². The van der Waals surface area contributed by atoms with E-state index in [0.29, 0.717) is 19.4 Å². The van der Waals surface area contributed by atoms with Crippen LogP contribution in [0.2, 0.25) is 0 Å². The van der Waals surface area contributed by atoms with Gasteiger partial charge in [-0.25, -0.2) is 19.5 Å². The Balaban J connectivity index is 2.75. The van der Waals surface area contributed by atoms with E-state index in [-0.39, 0.29) is 16.9 Å². The number of nitrogens with zero attached hydrogens (tertiary/aromatic N) is 2. The first-order chi connectivity index (χ1) is 9.75. The Morgan fingerprint density at radius 3 is 2.67 bits per heavy atom. The van der Waals surface area contributed by atoms with Gasteiger partial charge in [-0.15, -0.1) is 0 Å². The molecule has 0 aromatic heterocycles. The van der Waals surface area contributed by atoms with Gasteiger partial charge in [0.1, 0.15) is 0 Å². The summed E-state index contributed by atoms with van der Waals surface area (Å²) in [6.45, 7) is 10.1. The van der Waals surface area contributed by atoms with E-state index < -0.39 is 6.03 Å². The van der Waals surface area contributed by atoms with Crippen LogP contribution in [0.1, 0.15) is 40.0 Å². The van der Waals surface area contributed by atoms with Gasteiger partial charge < -0.3 is 5.32 Å². The van der Waals surface area contributed by atoms with E-state index in [9.17, 15) is 14.4 Å². The number of rotatable bonds is 5. The van der Waals surface area contributed by atoms with Crippen LogP contribution in [0.4, 0.5) is 4.79 Å². The smallest absolute Gasteiger partial charge is 0.328 e. The van der Waals surface area contributed by atoms with Gasteiger partial charge in [0, 0.05) is 12.7 Å². The van der Waals surface area contributed by atoms with E-state index in [1.807, 2.05) is 0 Å². The Bertz CT molecular complexity index is 461. The molecule has 1 saturated carbocycles. The molecule has 0 heterocycles. The fourth-order valence-electron chi connectivity index (χ4n) is 3.43. The standard InChI is InChI=1S/C15H23N3O3/c1-5-18(11-20)13(21)16-9-15(4)7-12(17-10-19)6-14(2,3)8-15/h5,11-12H,1,6-9H2,2-4H3,(H,16,21). The second-order valence-corrected chi connectivity index (χ2v) is 6.79. The maximum atomic E-state index is 11.8. The molecular formula is C15H23N3O3. The first-order valence-corrected chi connectivity index (χ1v) is 6.96. The van der Waals surface area contributed by atoms with Gasteiger partial charge in [-0.2, -0.15) is 0 Å². The SMILES string of the molecule is C=CN(C=O)C(=O)NCC1(C)CC(N=C=O)CC(C)(C)C1. The highest BCUT2D eigenvalue weighted by Gasteiger charge is 2.41. The highest BCUT2D eigenvalue weighted by atomic mass is 16.2. The average molecular weight is 293 g/mol. The number of carbonyl (C=O) groups is 2. The Hall–Kier alpha value is -1.94. The second-order valence-electron chi connectivity index (χ2n) is 6.79. The zero-order chi connectivity index (χ0) is 16.1. The zero-order valence-electron chi connectivity index (χ0n) is 12.9. The quantitative estimate of drug-likeness (QED) is 0.479. The lowest BCUT2D eigenvalue weighted by Gasteiger charge is -2.45. The van der Waals surface area contributed by atoms with E-state index in [2.05, 4.69) is 37.7 Å². The molecule has 0 radical (unpaired) electrons. The molecule has 1 aliphatic carbocycles. The van der Waals surface area contributed by atoms with Crippen molar-refractivity contribution in [1.82, 2.24) is 10.2 Å². The minimum absolute atomic E-state index is 0.0333. The maximum Gasteiger partial charge on any atom is 0.328 e. The molecule has 1 rings (SSSR count). The van der Waals surface area contributed by atoms with Crippen LogP contribution in [0.3, 0.4) is 0 Å². The summed E-state index contributed by atoms with van der Waals surface area (Å²) in [5, 5.41) is 2.74. The fourth-order valence-corrected chi connectivity index (χ4v) is 3.43. The normalized spacial score (nSPS) is 27.1. The average Bonchev–Trinajstić information content (AvgIpc) is 2.36. The molecule has 0 spiro atoms. The molecule has 6 heteroatoms. The molecule has 0 aromatic carbocycles. The summed E-state index contributed by atoms with van der Waals surface area (Å²) in [5.41, 5.74) is -0.149. The molecule has 2 atom stereocenters. The number of urea groups is 1. The summed E-state index contributed by atoms with van der Waals surface area (Å²) in [6, 6.07) is -0.574. The third kappa shape index (κ3) is 4.83. The summed E-state index contributed by atoms with van der Waals surface area (Å²) in [5.74, 6) is 0. The van der Waals surface area contributed by atoms with Crippen molar-refractivity contribution in [2.75, 3.05) is 6.54 Å². The van der Waals surface area contributed by atoms with Crippen LogP contribution in [-0.2, 0) is 9.59 Å². The molecule has 2 unspecified atom stereocenters. The summed E-state index contributed by atoms with van der Waals surface area (Å²) in [4.78, 5) is 37.7. The van der Waals surface area contributed by atoms with Gasteiger partial charge in [0.2, 0.25) is 12.5 Å². The van der Waals surface area contributed by atoms with Gasteiger partial charge in [-0.3, -0.25) is 4.79 Å². The Morgan fingerprint density at radius 1 is 1.48 bits per heavy atom. The lowest BCUT2D eigenvalue weighted by molar-refractivity contribution is -0.113. The van der Waals surface area contributed by atoms with Crippen LogP contribution in [0.15, 0.2) is 17.8 Å². The number of hydrogen-bond acceptors (Lipinski definition) is 4. The van der Waals surface area contributed by atoms with Crippen LogP contribution >= 0.6 is 0 Å². The van der Waals surface area contributed by atoms with Gasteiger partial charge in [0.25, 0.3) is 0 Å². The molecule has 0 aromatic rings. The van der Waals surface area contributed by atoms with Crippen molar-refractivity contribution in [2.24, 2.45) is 15.8 Å². The topological polar surface area (TPSA) is 78.8 Å². The number of hydrogen-bond donors (Lipinski definition) is 1. The van der Waals surface area contributed by atoms with Crippen molar-refractivity contribution in [1.29, 1.82) is 0 Å². The third-order valence-electron chi connectivity index (χ3n) is 3.87. The van der Waals surface area contributed by atoms with Crippen LogP contribution in [0, 0.1) is 10.8 Å². The van der Waals surface area contributed by atoms with Crippen molar-refractivity contribution < 1.29 is 14.4 Å². The van der Waals surface area contributed by atoms with Crippen LogP contribution in [-0.4, -0.2) is 36.0 Å². The summed E-state index contributed by atoms with van der Waals surface area (Å²) < 4.78 is 0. The number of amides is 3. The van der Waals surface area contributed by atoms with Crippen molar-refractivity contribution in [3.8, 4) is 0 Å². The van der Waals surface area contributed by atoms with Gasteiger partial charge in [0.05, 0.1) is 6.04 Å². The molecular weight excluding hydrogens is 270 g/mol. The predicted molar refractivity (Wildman–Crippen MR) is 79.1 cm³/mol.